The number of hydrogen-bond acceptors (Lipinski definition) is 6. The summed E-state index contributed by atoms with van der Waals surface area (Å²) in [6, 6.07) is 9.53. The number of carbonyl (C=O) groups is 3. The fourth-order valence-electron chi connectivity index (χ4n) is 4.98. The van der Waals surface area contributed by atoms with E-state index in [1.165, 1.54) is 0 Å². The molecule has 1 aliphatic carbocycles. The molecule has 214 valence electrons. The summed E-state index contributed by atoms with van der Waals surface area (Å²) in [5.41, 5.74) is 0.951. The standard InChI is InChI=1S/C30H44F2O6/c1-3-5-19-30(31,32)28(34)18-17-25-24(26(33)20-27(25)38-22-36-4-2)15-11-6-7-12-16-29(35)37-21-23-13-9-8-10-14-23/h8-10,13-14,24-25,27H,3-7,11-12,15-22H2,1-2H3. The largest absolute Gasteiger partial charge is 0.461 e. The molecule has 0 N–H and O–H groups in total. The molecule has 0 bridgehead atoms. The Bertz CT molecular complexity index is 844. The molecule has 1 aliphatic rings. The van der Waals surface area contributed by atoms with E-state index in [0.29, 0.717) is 38.7 Å². The number of rotatable bonds is 20. The van der Waals surface area contributed by atoms with E-state index in [1.54, 1.807) is 0 Å². The molecule has 2 rings (SSSR count). The van der Waals surface area contributed by atoms with Gasteiger partial charge < -0.3 is 14.2 Å². The van der Waals surface area contributed by atoms with Gasteiger partial charge in [-0.1, -0.05) is 62.9 Å². The molecule has 0 heterocycles. The van der Waals surface area contributed by atoms with Gasteiger partial charge in [0.05, 0.1) is 6.10 Å². The Hall–Kier alpha value is -2.19. The smallest absolute Gasteiger partial charge is 0.306 e. The summed E-state index contributed by atoms with van der Waals surface area (Å²) in [6.45, 7) is 4.43. The van der Waals surface area contributed by atoms with E-state index in [-0.39, 0.29) is 56.3 Å². The monoisotopic (exact) mass is 538 g/mol. The number of alkyl halides is 2. The van der Waals surface area contributed by atoms with Gasteiger partial charge in [0.25, 0.3) is 0 Å². The number of esters is 1. The van der Waals surface area contributed by atoms with Gasteiger partial charge in [0.1, 0.15) is 19.2 Å². The van der Waals surface area contributed by atoms with Crippen molar-refractivity contribution in [2.24, 2.45) is 11.8 Å². The maximum absolute atomic E-state index is 14.2. The maximum atomic E-state index is 14.2. The summed E-state index contributed by atoms with van der Waals surface area (Å²) in [5, 5.41) is 0. The number of halogens is 2. The maximum Gasteiger partial charge on any atom is 0.306 e. The summed E-state index contributed by atoms with van der Waals surface area (Å²) >= 11 is 0. The first-order valence-corrected chi connectivity index (χ1v) is 14.1. The zero-order valence-corrected chi connectivity index (χ0v) is 22.9. The third-order valence-corrected chi connectivity index (χ3v) is 7.23. The molecule has 1 aromatic carbocycles. The third kappa shape index (κ3) is 11.3. The molecular formula is C30H44F2O6. The molecule has 1 fully saturated rings. The highest BCUT2D eigenvalue weighted by Crippen LogP contribution is 2.39. The molecule has 3 atom stereocenters. The SMILES string of the molecule is CCCCC(F)(F)C(=O)CCC1C(OCOCC)CC(=O)C1CCCCCCC(=O)OCc1ccccc1. The number of ether oxygens (including phenoxy) is 3. The molecule has 3 unspecified atom stereocenters. The topological polar surface area (TPSA) is 78.9 Å². The first-order chi connectivity index (χ1) is 18.3. The predicted octanol–water partition coefficient (Wildman–Crippen LogP) is 6.83. The molecule has 0 amide bonds. The number of benzene rings is 1. The van der Waals surface area contributed by atoms with Crippen LogP contribution in [0.2, 0.25) is 0 Å². The van der Waals surface area contributed by atoms with Crippen LogP contribution in [-0.4, -0.2) is 43.0 Å². The van der Waals surface area contributed by atoms with Crippen molar-refractivity contribution in [3.63, 3.8) is 0 Å². The van der Waals surface area contributed by atoms with E-state index in [9.17, 15) is 23.2 Å². The Kier molecular flexibility index (Phi) is 14.7. The first-order valence-electron chi connectivity index (χ1n) is 14.1. The van der Waals surface area contributed by atoms with E-state index < -0.39 is 24.2 Å². The van der Waals surface area contributed by atoms with Crippen LogP contribution in [0.3, 0.4) is 0 Å². The average Bonchev–Trinajstić information content (AvgIpc) is 3.21. The van der Waals surface area contributed by atoms with Crippen LogP contribution in [0.25, 0.3) is 0 Å². The minimum Gasteiger partial charge on any atom is -0.461 e. The first kappa shape index (κ1) is 32.0. The lowest BCUT2D eigenvalue weighted by Gasteiger charge is -2.25. The Morgan fingerprint density at radius 2 is 1.71 bits per heavy atom. The Labute approximate surface area is 225 Å². The van der Waals surface area contributed by atoms with Crippen molar-refractivity contribution in [1.82, 2.24) is 0 Å². The second-order valence-corrected chi connectivity index (χ2v) is 10.1. The predicted molar refractivity (Wildman–Crippen MR) is 141 cm³/mol. The number of carbonyl (C=O) groups excluding carboxylic acids is 3. The molecule has 0 aliphatic heterocycles. The van der Waals surface area contributed by atoms with Crippen LogP contribution in [0.15, 0.2) is 30.3 Å². The number of hydrogen-bond donors (Lipinski definition) is 0. The van der Waals surface area contributed by atoms with Crippen LogP contribution in [0.5, 0.6) is 0 Å². The summed E-state index contributed by atoms with van der Waals surface area (Å²) in [5.74, 6) is -5.12. The molecule has 0 spiro atoms. The number of ketones is 2. The zero-order valence-electron chi connectivity index (χ0n) is 22.9. The molecular weight excluding hydrogens is 494 g/mol. The van der Waals surface area contributed by atoms with Gasteiger partial charge in [-0.2, -0.15) is 8.78 Å². The van der Waals surface area contributed by atoms with Crippen molar-refractivity contribution in [1.29, 1.82) is 0 Å². The fraction of sp³-hybridized carbons (Fsp3) is 0.700. The molecule has 38 heavy (non-hydrogen) atoms. The second kappa shape index (κ2) is 17.4. The summed E-state index contributed by atoms with van der Waals surface area (Å²) in [6.07, 6.45) is 4.35. The van der Waals surface area contributed by atoms with Crippen molar-refractivity contribution in [3.8, 4) is 0 Å². The molecule has 6 nitrogen and oxygen atoms in total. The lowest BCUT2D eigenvalue weighted by Crippen LogP contribution is -2.31. The summed E-state index contributed by atoms with van der Waals surface area (Å²) < 4.78 is 44.8. The lowest BCUT2D eigenvalue weighted by atomic mass is 9.84. The minimum atomic E-state index is -3.32. The summed E-state index contributed by atoms with van der Waals surface area (Å²) in [7, 11) is 0. The third-order valence-electron chi connectivity index (χ3n) is 7.23. The van der Waals surface area contributed by atoms with Crippen LogP contribution in [0.4, 0.5) is 8.78 Å². The highest BCUT2D eigenvalue weighted by Gasteiger charge is 2.44. The molecule has 1 aromatic rings. The Balaban J connectivity index is 1.77. The van der Waals surface area contributed by atoms with Crippen molar-refractivity contribution in [2.75, 3.05) is 13.4 Å². The Morgan fingerprint density at radius 1 is 0.974 bits per heavy atom. The lowest BCUT2D eigenvalue weighted by molar-refractivity contribution is -0.145. The molecule has 8 heteroatoms. The van der Waals surface area contributed by atoms with Gasteiger partial charge in [0.15, 0.2) is 0 Å². The van der Waals surface area contributed by atoms with Gasteiger partial charge in [-0.25, -0.2) is 0 Å². The number of unbranched alkanes of at least 4 members (excludes halogenated alkanes) is 4. The van der Waals surface area contributed by atoms with E-state index in [4.69, 9.17) is 14.2 Å². The van der Waals surface area contributed by atoms with E-state index in [2.05, 4.69) is 0 Å². The zero-order chi connectivity index (χ0) is 27.8. The molecule has 1 saturated carbocycles. The summed E-state index contributed by atoms with van der Waals surface area (Å²) in [4.78, 5) is 37.0. The van der Waals surface area contributed by atoms with Crippen molar-refractivity contribution in [2.45, 2.75) is 110 Å². The van der Waals surface area contributed by atoms with Gasteiger partial charge in [-0.3, -0.25) is 14.4 Å². The van der Waals surface area contributed by atoms with E-state index in [1.807, 2.05) is 44.2 Å². The molecule has 0 radical (unpaired) electrons. The van der Waals surface area contributed by atoms with Gasteiger partial charge in [-0.15, -0.1) is 0 Å². The van der Waals surface area contributed by atoms with Crippen LogP contribution < -0.4 is 0 Å². The van der Waals surface area contributed by atoms with Gasteiger partial charge in [0.2, 0.25) is 5.78 Å². The minimum absolute atomic E-state index is 0.0403. The van der Waals surface area contributed by atoms with E-state index in [0.717, 1.165) is 24.8 Å². The average molecular weight is 539 g/mol. The second-order valence-electron chi connectivity index (χ2n) is 10.1. The van der Waals surface area contributed by atoms with Gasteiger partial charge >= 0.3 is 11.9 Å². The Morgan fingerprint density at radius 3 is 2.42 bits per heavy atom. The highest BCUT2D eigenvalue weighted by atomic mass is 19.3. The van der Waals surface area contributed by atoms with Crippen LogP contribution in [0.1, 0.15) is 96.5 Å². The van der Waals surface area contributed by atoms with Crippen molar-refractivity contribution < 1.29 is 37.4 Å². The normalized spacial score (nSPS) is 19.6. The number of Topliss-reactive ketones (excluding diaryl/α,β-unsaturated/α-hetero) is 2. The molecule has 0 saturated heterocycles. The van der Waals surface area contributed by atoms with E-state index >= 15 is 0 Å². The van der Waals surface area contributed by atoms with Gasteiger partial charge in [0, 0.05) is 38.2 Å². The fourth-order valence-corrected chi connectivity index (χ4v) is 4.98. The van der Waals surface area contributed by atoms with Crippen LogP contribution >= 0.6 is 0 Å². The van der Waals surface area contributed by atoms with Crippen molar-refractivity contribution in [3.05, 3.63) is 35.9 Å². The van der Waals surface area contributed by atoms with Crippen molar-refractivity contribution >= 4 is 17.5 Å². The quantitative estimate of drug-likeness (QED) is 0.103. The van der Waals surface area contributed by atoms with Crippen LogP contribution in [0, 0.1) is 11.8 Å². The highest BCUT2D eigenvalue weighted by molar-refractivity contribution is 5.86. The van der Waals surface area contributed by atoms with Gasteiger partial charge in [-0.05, 0) is 44.1 Å². The molecule has 0 aromatic heterocycles. The van der Waals surface area contributed by atoms with Crippen LogP contribution in [-0.2, 0) is 35.2 Å².